The van der Waals surface area contributed by atoms with E-state index in [1.165, 1.54) is 6.20 Å². The van der Waals surface area contributed by atoms with Crippen LogP contribution in [0.1, 0.15) is 0 Å². The Morgan fingerprint density at radius 3 is 2.82 bits per heavy atom. The van der Waals surface area contributed by atoms with Gasteiger partial charge in [-0.1, -0.05) is 0 Å². The number of hydrogen-bond donors (Lipinski definition) is 3. The Hall–Kier alpha value is -0.970. The Balaban J connectivity index is 2.98. The van der Waals surface area contributed by atoms with Crippen molar-refractivity contribution in [2.45, 2.75) is 0 Å². The van der Waals surface area contributed by atoms with Gasteiger partial charge in [0.2, 0.25) is 0 Å². The fraction of sp³-hybridized carbons (Fsp3) is 0.167. The van der Waals surface area contributed by atoms with Crippen LogP contribution < -0.4 is 5.32 Å². The third kappa shape index (κ3) is 1.54. The molecule has 0 aromatic carbocycles. The van der Waals surface area contributed by atoms with Gasteiger partial charge >= 0.3 is 5.97 Å². The molecule has 60 valence electrons. The standard InChI is InChI=1S/C6H6BrNO3/c7-4-2-8-1-3(5(4)9)6(10)11/h1,8-9H,2H2,(H,10,11). The van der Waals surface area contributed by atoms with Crippen molar-refractivity contribution in [3.63, 3.8) is 0 Å². The van der Waals surface area contributed by atoms with E-state index in [1.54, 1.807) is 0 Å². The molecule has 0 aromatic rings. The molecular weight excluding hydrogens is 214 g/mol. The molecule has 3 N–H and O–H groups in total. The van der Waals surface area contributed by atoms with Crippen molar-refractivity contribution in [3.8, 4) is 0 Å². The van der Waals surface area contributed by atoms with Gasteiger partial charge in [0.25, 0.3) is 0 Å². The highest BCUT2D eigenvalue weighted by Crippen LogP contribution is 2.19. The SMILES string of the molecule is O=C(O)C1=CNCC(Br)=C1O. The van der Waals surface area contributed by atoms with Crippen LogP contribution in [0.4, 0.5) is 0 Å². The maximum Gasteiger partial charge on any atom is 0.340 e. The van der Waals surface area contributed by atoms with E-state index in [4.69, 9.17) is 10.2 Å². The van der Waals surface area contributed by atoms with Gasteiger partial charge in [-0.2, -0.15) is 0 Å². The topological polar surface area (TPSA) is 69.6 Å². The molecule has 0 fully saturated rings. The minimum atomic E-state index is -1.15. The van der Waals surface area contributed by atoms with Crippen molar-refractivity contribution in [1.29, 1.82) is 0 Å². The molecule has 11 heavy (non-hydrogen) atoms. The minimum Gasteiger partial charge on any atom is -0.506 e. The van der Waals surface area contributed by atoms with Crippen molar-refractivity contribution >= 4 is 21.9 Å². The molecule has 0 atom stereocenters. The molecule has 0 amide bonds. The lowest BCUT2D eigenvalue weighted by molar-refractivity contribution is -0.132. The maximum atomic E-state index is 10.4. The summed E-state index contributed by atoms with van der Waals surface area (Å²) in [6, 6.07) is 0. The lowest BCUT2D eigenvalue weighted by Gasteiger charge is -2.11. The molecule has 1 aliphatic rings. The Labute approximate surface area is 71.3 Å². The molecule has 0 radical (unpaired) electrons. The number of carboxylic acids is 1. The number of dihydropyridines is 1. The Morgan fingerprint density at radius 2 is 2.36 bits per heavy atom. The number of halogens is 1. The number of rotatable bonds is 1. The normalized spacial score (nSPS) is 17.4. The first-order valence-corrected chi connectivity index (χ1v) is 3.67. The van der Waals surface area contributed by atoms with E-state index in [1.807, 2.05) is 0 Å². The number of aliphatic hydroxyl groups is 1. The Bertz CT molecular complexity index is 257. The van der Waals surface area contributed by atoms with Crippen molar-refractivity contribution < 1.29 is 15.0 Å². The second kappa shape index (κ2) is 2.96. The summed E-state index contributed by atoms with van der Waals surface area (Å²) in [5.41, 5.74) is -0.122. The van der Waals surface area contributed by atoms with Gasteiger partial charge in [-0.15, -0.1) is 0 Å². The molecule has 0 unspecified atom stereocenters. The van der Waals surface area contributed by atoms with Crippen LogP contribution in [0, 0.1) is 0 Å². The third-order valence-electron chi connectivity index (χ3n) is 1.25. The highest BCUT2D eigenvalue weighted by molar-refractivity contribution is 9.11. The first-order valence-electron chi connectivity index (χ1n) is 2.87. The van der Waals surface area contributed by atoms with Gasteiger partial charge in [0.05, 0.1) is 4.48 Å². The molecule has 4 nitrogen and oxygen atoms in total. The van der Waals surface area contributed by atoms with Crippen LogP contribution in [0.2, 0.25) is 0 Å². The van der Waals surface area contributed by atoms with E-state index >= 15 is 0 Å². The molecule has 0 aromatic heterocycles. The van der Waals surface area contributed by atoms with Crippen LogP contribution in [0.5, 0.6) is 0 Å². The van der Waals surface area contributed by atoms with E-state index < -0.39 is 5.97 Å². The largest absolute Gasteiger partial charge is 0.506 e. The van der Waals surface area contributed by atoms with Gasteiger partial charge < -0.3 is 15.5 Å². The van der Waals surface area contributed by atoms with Crippen molar-refractivity contribution in [1.82, 2.24) is 5.32 Å². The van der Waals surface area contributed by atoms with E-state index in [0.29, 0.717) is 11.0 Å². The number of carboxylic acid groups (broad SMARTS) is 1. The predicted molar refractivity (Wildman–Crippen MR) is 42.3 cm³/mol. The van der Waals surface area contributed by atoms with Crippen LogP contribution in [0.3, 0.4) is 0 Å². The monoisotopic (exact) mass is 219 g/mol. The maximum absolute atomic E-state index is 10.4. The average Bonchev–Trinajstić information content (AvgIpc) is 1.94. The van der Waals surface area contributed by atoms with Gasteiger partial charge in [-0.25, -0.2) is 4.79 Å². The van der Waals surface area contributed by atoms with Crippen molar-refractivity contribution in [2.24, 2.45) is 0 Å². The number of aliphatic carboxylic acids is 1. The molecule has 0 aliphatic carbocycles. The molecule has 0 saturated heterocycles. The van der Waals surface area contributed by atoms with E-state index in [0.717, 1.165) is 0 Å². The molecule has 1 heterocycles. The summed E-state index contributed by atoms with van der Waals surface area (Å²) in [5, 5.41) is 20.3. The molecule has 1 aliphatic heterocycles. The van der Waals surface area contributed by atoms with Crippen LogP contribution in [-0.2, 0) is 4.79 Å². The van der Waals surface area contributed by atoms with Crippen molar-refractivity contribution in [3.05, 3.63) is 22.0 Å². The van der Waals surface area contributed by atoms with Crippen LogP contribution in [0.15, 0.2) is 22.0 Å². The average molecular weight is 220 g/mol. The lowest BCUT2D eigenvalue weighted by Crippen LogP contribution is -2.19. The summed E-state index contributed by atoms with van der Waals surface area (Å²) in [7, 11) is 0. The highest BCUT2D eigenvalue weighted by atomic mass is 79.9. The summed E-state index contributed by atoms with van der Waals surface area (Å²) < 4.78 is 0.456. The quantitative estimate of drug-likeness (QED) is 0.609. The molecule has 1 rings (SSSR count). The number of nitrogens with one attached hydrogen (secondary N) is 1. The first-order chi connectivity index (χ1) is 5.13. The van der Waals surface area contributed by atoms with Gasteiger partial charge in [0.15, 0.2) is 0 Å². The smallest absolute Gasteiger partial charge is 0.340 e. The van der Waals surface area contributed by atoms with Crippen LogP contribution in [-0.4, -0.2) is 22.7 Å². The summed E-state index contributed by atoms with van der Waals surface area (Å²) in [6.45, 7) is 0.419. The Morgan fingerprint density at radius 1 is 1.73 bits per heavy atom. The second-order valence-electron chi connectivity index (χ2n) is 2.00. The first kappa shape index (κ1) is 8.13. The fourth-order valence-electron chi connectivity index (χ4n) is 0.704. The molecule has 5 heteroatoms. The zero-order valence-electron chi connectivity index (χ0n) is 5.47. The fourth-order valence-corrected chi connectivity index (χ4v) is 1.08. The summed E-state index contributed by atoms with van der Waals surface area (Å²) in [4.78, 5) is 10.4. The highest BCUT2D eigenvalue weighted by Gasteiger charge is 2.18. The molecular formula is C6H6BrNO3. The zero-order valence-corrected chi connectivity index (χ0v) is 7.05. The van der Waals surface area contributed by atoms with Crippen LogP contribution >= 0.6 is 15.9 Å². The van der Waals surface area contributed by atoms with E-state index in [9.17, 15) is 4.79 Å². The Kier molecular flexibility index (Phi) is 2.19. The molecule has 0 spiro atoms. The number of hydrogen-bond acceptors (Lipinski definition) is 3. The van der Waals surface area contributed by atoms with Gasteiger partial charge in [-0.05, 0) is 15.9 Å². The van der Waals surface area contributed by atoms with Gasteiger partial charge in [-0.3, -0.25) is 0 Å². The lowest BCUT2D eigenvalue weighted by atomic mass is 10.2. The van der Waals surface area contributed by atoms with E-state index in [2.05, 4.69) is 21.2 Å². The van der Waals surface area contributed by atoms with Gasteiger partial charge in [0.1, 0.15) is 11.3 Å². The number of carbonyl (C=O) groups is 1. The summed E-state index contributed by atoms with van der Waals surface area (Å²) >= 11 is 3.03. The van der Waals surface area contributed by atoms with Crippen molar-refractivity contribution in [2.75, 3.05) is 6.54 Å². The zero-order chi connectivity index (χ0) is 8.43. The number of aliphatic hydroxyl groups excluding tert-OH is 1. The predicted octanol–water partition coefficient (Wildman–Crippen LogP) is 0.723. The molecule has 0 bridgehead atoms. The summed E-state index contributed by atoms with van der Waals surface area (Å²) in [5.74, 6) is -1.36. The second-order valence-corrected chi connectivity index (χ2v) is 2.95. The minimum absolute atomic E-state index is 0.122. The third-order valence-corrected chi connectivity index (χ3v) is 1.90. The van der Waals surface area contributed by atoms with Crippen LogP contribution in [0.25, 0.3) is 0 Å². The van der Waals surface area contributed by atoms with Gasteiger partial charge in [0, 0.05) is 12.7 Å². The van der Waals surface area contributed by atoms with E-state index in [-0.39, 0.29) is 11.3 Å². The molecule has 0 saturated carbocycles. The summed E-state index contributed by atoms with van der Waals surface area (Å²) in [6.07, 6.45) is 1.27.